The Hall–Kier alpha value is -4.92. The first-order valence-electron chi connectivity index (χ1n) is 9.60. The summed E-state index contributed by atoms with van der Waals surface area (Å²) in [4.78, 5) is 45.5. The van der Waals surface area contributed by atoms with Gasteiger partial charge >= 0.3 is 18.0 Å². The molecule has 0 spiro atoms. The molecule has 0 saturated carbocycles. The van der Waals surface area contributed by atoms with Gasteiger partial charge in [0, 0.05) is 16.7 Å². The number of ether oxygens (including phenoxy) is 3. The smallest absolute Gasteiger partial charge is 0.331 e. The number of rotatable bonds is 9. The second kappa shape index (κ2) is 9.92. The van der Waals surface area contributed by atoms with Gasteiger partial charge in [-0.1, -0.05) is 36.4 Å². The molecule has 0 aliphatic rings. The predicted molar refractivity (Wildman–Crippen MR) is 116 cm³/mol. The van der Waals surface area contributed by atoms with Crippen molar-refractivity contribution in [1.29, 1.82) is 0 Å². The normalized spacial score (nSPS) is 10.2. The fourth-order valence-electron chi connectivity index (χ4n) is 2.73. The Bertz CT molecular complexity index is 1150. The number of carbonyl (C=O) groups is 3. The summed E-state index contributed by atoms with van der Waals surface area (Å²) in [6.45, 7) is 0. The third-order valence-electron chi connectivity index (χ3n) is 4.18. The largest absolute Gasteiger partial charge is 0.424 e. The molecule has 0 fully saturated rings. The highest BCUT2D eigenvalue weighted by molar-refractivity contribution is 5.76. The molecule has 0 unspecified atom stereocenters. The maximum absolute atomic E-state index is 11.0. The number of hydrogen-bond acceptors (Lipinski definition) is 9. The number of aldehydes is 3. The summed E-state index contributed by atoms with van der Waals surface area (Å²) in [6.07, 6.45) is 2.05. The van der Waals surface area contributed by atoms with E-state index in [9.17, 15) is 14.4 Å². The molecule has 0 bridgehead atoms. The fraction of sp³-hybridized carbons (Fsp3) is 0. The van der Waals surface area contributed by atoms with Gasteiger partial charge in [-0.2, -0.15) is 0 Å². The zero-order valence-corrected chi connectivity index (χ0v) is 17.0. The Labute approximate surface area is 187 Å². The maximum Gasteiger partial charge on any atom is 0.331 e. The van der Waals surface area contributed by atoms with Crippen LogP contribution in [0.1, 0.15) is 31.1 Å². The van der Waals surface area contributed by atoms with E-state index in [0.717, 1.165) is 0 Å². The Balaban J connectivity index is 1.68. The topological polar surface area (TPSA) is 118 Å². The van der Waals surface area contributed by atoms with Crippen LogP contribution in [0.4, 0.5) is 0 Å². The van der Waals surface area contributed by atoms with Gasteiger partial charge in [0.2, 0.25) is 0 Å². The summed E-state index contributed by atoms with van der Waals surface area (Å²) >= 11 is 0. The van der Waals surface area contributed by atoms with Crippen molar-refractivity contribution in [1.82, 2.24) is 15.0 Å². The third kappa shape index (κ3) is 5.61. The van der Waals surface area contributed by atoms with Crippen molar-refractivity contribution in [3.05, 3.63) is 89.5 Å². The molecule has 3 aromatic carbocycles. The first kappa shape index (κ1) is 21.3. The zero-order valence-electron chi connectivity index (χ0n) is 17.0. The minimum Gasteiger partial charge on any atom is -0.424 e. The van der Waals surface area contributed by atoms with E-state index in [-0.39, 0.29) is 18.0 Å². The fourth-order valence-corrected chi connectivity index (χ4v) is 2.73. The monoisotopic (exact) mass is 441 g/mol. The lowest BCUT2D eigenvalue weighted by atomic mass is 10.2. The second-order valence-electron chi connectivity index (χ2n) is 6.56. The molecule has 0 atom stereocenters. The van der Waals surface area contributed by atoms with Crippen molar-refractivity contribution >= 4 is 18.9 Å². The quantitative estimate of drug-likeness (QED) is 0.341. The van der Waals surface area contributed by atoms with Crippen LogP contribution >= 0.6 is 0 Å². The molecule has 4 rings (SSSR count). The summed E-state index contributed by atoms with van der Waals surface area (Å²) in [6, 6.07) is 18.7. The van der Waals surface area contributed by atoms with Gasteiger partial charge in [0.15, 0.2) is 0 Å². The van der Waals surface area contributed by atoms with Crippen molar-refractivity contribution < 1.29 is 28.6 Å². The number of aromatic nitrogens is 3. The van der Waals surface area contributed by atoms with Crippen LogP contribution in [0.3, 0.4) is 0 Å². The molecule has 0 N–H and O–H groups in total. The minimum absolute atomic E-state index is 0.156. The van der Waals surface area contributed by atoms with E-state index in [0.29, 0.717) is 52.8 Å². The number of hydrogen-bond donors (Lipinski definition) is 0. The standard InChI is InChI=1S/C24H15N3O6/c28-13-16-4-1-7-19(10-16)31-22-25-23(32-20-8-2-5-17(11-20)14-29)27-24(26-22)33-21-9-3-6-18(12-21)15-30/h1-15H. The molecule has 162 valence electrons. The van der Waals surface area contributed by atoms with E-state index in [4.69, 9.17) is 14.2 Å². The summed E-state index contributed by atoms with van der Waals surface area (Å²) in [5, 5.41) is 0. The van der Waals surface area contributed by atoms with Crippen LogP contribution in [0.25, 0.3) is 0 Å². The van der Waals surface area contributed by atoms with Crippen LogP contribution in [0.5, 0.6) is 35.3 Å². The van der Waals surface area contributed by atoms with Gasteiger partial charge in [0.05, 0.1) is 0 Å². The van der Waals surface area contributed by atoms with Gasteiger partial charge in [0.25, 0.3) is 0 Å². The Morgan fingerprint density at radius 1 is 0.485 bits per heavy atom. The third-order valence-corrected chi connectivity index (χ3v) is 4.18. The highest BCUT2D eigenvalue weighted by Crippen LogP contribution is 2.27. The van der Waals surface area contributed by atoms with E-state index in [1.807, 2.05) is 0 Å². The lowest BCUT2D eigenvalue weighted by Gasteiger charge is -2.10. The van der Waals surface area contributed by atoms with Crippen molar-refractivity contribution in [3.8, 4) is 35.3 Å². The number of benzene rings is 3. The predicted octanol–water partition coefficient (Wildman–Crippen LogP) is 4.69. The Kier molecular flexibility index (Phi) is 6.41. The van der Waals surface area contributed by atoms with Gasteiger partial charge in [-0.3, -0.25) is 14.4 Å². The highest BCUT2D eigenvalue weighted by Gasteiger charge is 2.13. The average molecular weight is 441 g/mol. The van der Waals surface area contributed by atoms with Crippen molar-refractivity contribution in [3.63, 3.8) is 0 Å². The van der Waals surface area contributed by atoms with E-state index < -0.39 is 0 Å². The molecule has 9 nitrogen and oxygen atoms in total. The van der Waals surface area contributed by atoms with Gasteiger partial charge < -0.3 is 14.2 Å². The van der Waals surface area contributed by atoms with Crippen LogP contribution in [0.2, 0.25) is 0 Å². The lowest BCUT2D eigenvalue weighted by molar-refractivity contribution is 0.111. The number of nitrogens with zero attached hydrogens (tertiary/aromatic N) is 3. The summed E-state index contributed by atoms with van der Waals surface area (Å²) in [5.41, 5.74) is 1.22. The van der Waals surface area contributed by atoms with Gasteiger partial charge in [-0.05, 0) is 36.4 Å². The summed E-state index contributed by atoms with van der Waals surface area (Å²) < 4.78 is 17.0. The van der Waals surface area contributed by atoms with Crippen molar-refractivity contribution in [2.45, 2.75) is 0 Å². The first-order valence-corrected chi connectivity index (χ1v) is 9.60. The Morgan fingerprint density at radius 3 is 1.06 bits per heavy atom. The average Bonchev–Trinajstić information content (AvgIpc) is 2.84. The van der Waals surface area contributed by atoms with Crippen LogP contribution in [0, 0.1) is 0 Å². The summed E-state index contributed by atoms with van der Waals surface area (Å²) in [7, 11) is 0. The molecule has 1 heterocycles. The minimum atomic E-state index is -0.156. The van der Waals surface area contributed by atoms with E-state index in [1.54, 1.807) is 54.6 Å². The molecular weight excluding hydrogens is 426 g/mol. The Morgan fingerprint density at radius 2 is 0.788 bits per heavy atom. The molecule has 4 aromatic rings. The van der Waals surface area contributed by atoms with E-state index in [1.165, 1.54) is 18.2 Å². The molecule has 0 aliphatic heterocycles. The molecule has 33 heavy (non-hydrogen) atoms. The van der Waals surface area contributed by atoms with Crippen molar-refractivity contribution in [2.75, 3.05) is 0 Å². The van der Waals surface area contributed by atoms with E-state index >= 15 is 0 Å². The number of carbonyl (C=O) groups excluding carboxylic acids is 3. The maximum atomic E-state index is 11.0. The van der Waals surface area contributed by atoms with Gasteiger partial charge in [-0.15, -0.1) is 15.0 Å². The molecule has 9 heteroatoms. The first-order chi connectivity index (χ1) is 16.1. The van der Waals surface area contributed by atoms with Crippen LogP contribution in [-0.2, 0) is 0 Å². The lowest BCUT2D eigenvalue weighted by Crippen LogP contribution is -2.01. The van der Waals surface area contributed by atoms with Crippen LogP contribution in [0.15, 0.2) is 72.8 Å². The van der Waals surface area contributed by atoms with Gasteiger partial charge in [-0.25, -0.2) is 0 Å². The molecule has 0 saturated heterocycles. The van der Waals surface area contributed by atoms with Crippen molar-refractivity contribution in [2.24, 2.45) is 0 Å². The molecule has 1 aromatic heterocycles. The molecular formula is C24H15N3O6. The SMILES string of the molecule is O=Cc1cccc(Oc2nc(Oc3cccc(C=O)c3)nc(Oc3cccc(C=O)c3)n2)c1. The molecule has 0 aliphatic carbocycles. The van der Waals surface area contributed by atoms with Crippen LogP contribution in [-0.4, -0.2) is 33.8 Å². The molecule has 0 amide bonds. The van der Waals surface area contributed by atoms with E-state index in [2.05, 4.69) is 15.0 Å². The zero-order chi connectivity index (χ0) is 23.0. The second-order valence-corrected chi connectivity index (χ2v) is 6.56. The van der Waals surface area contributed by atoms with Crippen LogP contribution < -0.4 is 14.2 Å². The summed E-state index contributed by atoms with van der Waals surface area (Å²) in [5.74, 6) is 0.941. The highest BCUT2D eigenvalue weighted by atomic mass is 16.5. The van der Waals surface area contributed by atoms with Gasteiger partial charge in [0.1, 0.15) is 36.1 Å². The molecule has 0 radical (unpaired) electrons.